The number of likely N-dealkylation sites (tertiary alicyclic amines) is 1. The lowest BCUT2D eigenvalue weighted by Crippen LogP contribution is -2.43. The summed E-state index contributed by atoms with van der Waals surface area (Å²) in [4.78, 5) is 40.1. The van der Waals surface area contributed by atoms with Crippen LogP contribution in [-0.2, 0) is 16.0 Å². The van der Waals surface area contributed by atoms with E-state index in [0.717, 1.165) is 38.5 Å². The Morgan fingerprint density at radius 2 is 1.88 bits per heavy atom. The van der Waals surface area contributed by atoms with Crippen LogP contribution in [0.5, 0.6) is 5.75 Å². The van der Waals surface area contributed by atoms with E-state index in [2.05, 4.69) is 20.3 Å². The maximum Gasteiger partial charge on any atom is 0.415 e. The number of carbonyl (C=O) groups excluding carboxylic acids is 2. The number of aromatic nitrogens is 4. The van der Waals surface area contributed by atoms with Crippen molar-refractivity contribution >= 4 is 40.6 Å². The first-order valence-electron chi connectivity index (χ1n) is 14.3. The number of nitrogens with one attached hydrogen (secondary N) is 1. The van der Waals surface area contributed by atoms with E-state index in [1.165, 1.54) is 10.9 Å². The zero-order valence-electron chi connectivity index (χ0n) is 22.9. The number of carbonyl (C=O) groups is 2. The standard InChI is InChI=1S/C28H34ClN7O6/c29-17-5-1-2-6-18(17)41-28(40)35-12-10-15(11-13-35)4-3-7-19-33-24(30)20-25(34-19)36(14-31-20)27-22(38)21(37)23(42-27)26(39)32-16-8-9-16/h1-2,5-6,14-16,21-23,27,37-38H,3-4,7-13H2,(H,32,39)(H2,30,33,34)/t21-,22+,23-,27+/m0/s1. The topological polar surface area (TPSA) is 178 Å². The Bertz CT molecular complexity index is 1460. The smallest absolute Gasteiger partial charge is 0.409 e. The predicted octanol–water partition coefficient (Wildman–Crippen LogP) is 2.19. The van der Waals surface area contributed by atoms with E-state index in [4.69, 9.17) is 26.8 Å². The number of anilines is 1. The number of benzene rings is 1. The van der Waals surface area contributed by atoms with Gasteiger partial charge in [-0.3, -0.25) is 9.36 Å². The number of aliphatic hydroxyl groups is 2. The van der Waals surface area contributed by atoms with Crippen LogP contribution in [0.3, 0.4) is 0 Å². The number of hydrogen-bond acceptors (Lipinski definition) is 10. The molecule has 6 rings (SSSR count). The third-order valence-electron chi connectivity index (χ3n) is 8.11. The number of imidazole rings is 1. The van der Waals surface area contributed by atoms with Crippen molar-refractivity contribution in [2.75, 3.05) is 18.8 Å². The van der Waals surface area contributed by atoms with Gasteiger partial charge in [0, 0.05) is 25.6 Å². The molecule has 5 N–H and O–H groups in total. The summed E-state index contributed by atoms with van der Waals surface area (Å²) in [5.74, 6) is 1.08. The minimum atomic E-state index is -1.39. The van der Waals surface area contributed by atoms with Crippen molar-refractivity contribution in [3.63, 3.8) is 0 Å². The monoisotopic (exact) mass is 599 g/mol. The quantitative estimate of drug-likeness (QED) is 0.300. The number of fused-ring (bicyclic) bond motifs is 1. The molecule has 3 fully saturated rings. The summed E-state index contributed by atoms with van der Waals surface area (Å²) < 4.78 is 12.7. The van der Waals surface area contributed by atoms with Gasteiger partial charge in [-0.25, -0.2) is 19.7 Å². The molecule has 4 atom stereocenters. The number of hydrogen-bond donors (Lipinski definition) is 4. The molecule has 42 heavy (non-hydrogen) atoms. The van der Waals surface area contributed by atoms with Crippen LogP contribution in [0, 0.1) is 5.92 Å². The van der Waals surface area contributed by atoms with E-state index in [0.29, 0.717) is 53.2 Å². The van der Waals surface area contributed by atoms with Gasteiger partial charge in [0.25, 0.3) is 5.91 Å². The summed E-state index contributed by atoms with van der Waals surface area (Å²) in [6.45, 7) is 1.22. The van der Waals surface area contributed by atoms with Crippen LogP contribution in [0.4, 0.5) is 10.6 Å². The number of ether oxygens (including phenoxy) is 2. The van der Waals surface area contributed by atoms with Crippen LogP contribution < -0.4 is 15.8 Å². The molecule has 2 aromatic heterocycles. The third-order valence-corrected chi connectivity index (χ3v) is 8.42. The number of aliphatic hydroxyl groups excluding tert-OH is 2. The van der Waals surface area contributed by atoms with Crippen molar-refractivity contribution in [2.24, 2.45) is 5.92 Å². The normalized spacial score (nSPS) is 24.7. The highest BCUT2D eigenvalue weighted by atomic mass is 35.5. The summed E-state index contributed by atoms with van der Waals surface area (Å²) in [6.07, 6.45) is 1.85. The Labute approximate surface area is 247 Å². The maximum atomic E-state index is 12.6. The van der Waals surface area contributed by atoms with Gasteiger partial charge < -0.3 is 35.6 Å². The summed E-state index contributed by atoms with van der Waals surface area (Å²) >= 11 is 6.10. The number of amides is 2. The van der Waals surface area contributed by atoms with Gasteiger partial charge in [-0.1, -0.05) is 23.7 Å². The molecule has 0 spiro atoms. The van der Waals surface area contributed by atoms with Gasteiger partial charge in [0.05, 0.1) is 11.3 Å². The second kappa shape index (κ2) is 12.0. The first-order chi connectivity index (χ1) is 20.3. The van der Waals surface area contributed by atoms with Crippen molar-refractivity contribution in [2.45, 2.75) is 75.5 Å². The molecule has 2 saturated heterocycles. The summed E-state index contributed by atoms with van der Waals surface area (Å²) in [5, 5.41) is 24.4. The summed E-state index contributed by atoms with van der Waals surface area (Å²) in [7, 11) is 0. The lowest BCUT2D eigenvalue weighted by atomic mass is 9.91. The maximum absolute atomic E-state index is 12.6. The number of nitrogen functional groups attached to an aromatic ring is 1. The molecule has 224 valence electrons. The molecule has 2 aliphatic heterocycles. The van der Waals surface area contributed by atoms with Gasteiger partial charge in [-0.15, -0.1) is 0 Å². The van der Waals surface area contributed by atoms with Gasteiger partial charge in [-0.05, 0) is 56.6 Å². The minimum absolute atomic E-state index is 0.0944. The molecule has 3 aliphatic rings. The average molecular weight is 600 g/mol. The molecule has 3 aromatic rings. The number of rotatable bonds is 8. The zero-order valence-corrected chi connectivity index (χ0v) is 23.7. The lowest BCUT2D eigenvalue weighted by Gasteiger charge is -2.31. The largest absolute Gasteiger partial charge is 0.415 e. The highest BCUT2D eigenvalue weighted by Gasteiger charge is 2.48. The zero-order chi connectivity index (χ0) is 29.4. The van der Waals surface area contributed by atoms with Crippen molar-refractivity contribution in [1.29, 1.82) is 0 Å². The van der Waals surface area contributed by atoms with E-state index in [-0.39, 0.29) is 11.9 Å². The average Bonchev–Trinajstić information content (AvgIpc) is 3.61. The molecule has 0 radical (unpaired) electrons. The summed E-state index contributed by atoms with van der Waals surface area (Å²) in [6, 6.07) is 7.00. The molecule has 0 bridgehead atoms. The van der Waals surface area contributed by atoms with Crippen LogP contribution in [0.25, 0.3) is 11.2 Å². The second-order valence-corrected chi connectivity index (χ2v) is 11.6. The predicted molar refractivity (Wildman–Crippen MR) is 152 cm³/mol. The van der Waals surface area contributed by atoms with Gasteiger partial charge in [0.1, 0.15) is 23.5 Å². The molecule has 1 aromatic carbocycles. The molecule has 13 nitrogen and oxygen atoms in total. The van der Waals surface area contributed by atoms with Gasteiger partial charge in [0.2, 0.25) is 0 Å². The number of nitrogens with zero attached hydrogens (tertiary/aromatic N) is 5. The van der Waals surface area contributed by atoms with Crippen LogP contribution in [-0.4, -0.2) is 84.1 Å². The van der Waals surface area contributed by atoms with E-state index in [1.807, 2.05) is 0 Å². The molecule has 0 unspecified atom stereocenters. The van der Waals surface area contributed by atoms with Crippen LogP contribution in [0.15, 0.2) is 30.6 Å². The number of piperidine rings is 1. The number of halogens is 1. The van der Waals surface area contributed by atoms with E-state index in [1.54, 1.807) is 29.2 Å². The first-order valence-corrected chi connectivity index (χ1v) is 14.7. The number of aryl methyl sites for hydroxylation is 1. The van der Waals surface area contributed by atoms with Gasteiger partial charge in [-0.2, -0.15) is 0 Å². The first kappa shape index (κ1) is 28.6. The molecule has 4 heterocycles. The van der Waals surface area contributed by atoms with Crippen molar-refractivity contribution < 1.29 is 29.3 Å². The number of nitrogens with two attached hydrogens (primary N) is 1. The van der Waals surface area contributed by atoms with Crippen LogP contribution >= 0.6 is 11.6 Å². The highest BCUT2D eigenvalue weighted by Crippen LogP contribution is 2.33. The van der Waals surface area contributed by atoms with Crippen LogP contribution in [0.1, 0.15) is 50.6 Å². The minimum Gasteiger partial charge on any atom is -0.409 e. The fourth-order valence-corrected chi connectivity index (χ4v) is 5.71. The Morgan fingerprint density at radius 1 is 1.12 bits per heavy atom. The second-order valence-electron chi connectivity index (χ2n) is 11.2. The van der Waals surface area contributed by atoms with Crippen molar-refractivity contribution in [3.8, 4) is 5.75 Å². The molecular formula is C28H34ClN7O6. The van der Waals surface area contributed by atoms with Crippen LogP contribution in [0.2, 0.25) is 5.02 Å². The van der Waals surface area contributed by atoms with Gasteiger partial charge in [0.15, 0.2) is 29.5 Å². The van der Waals surface area contributed by atoms with Crippen molar-refractivity contribution in [1.82, 2.24) is 29.7 Å². The van der Waals surface area contributed by atoms with E-state index >= 15 is 0 Å². The molecule has 2 amide bonds. The van der Waals surface area contributed by atoms with E-state index in [9.17, 15) is 19.8 Å². The Morgan fingerprint density at radius 3 is 2.62 bits per heavy atom. The number of para-hydroxylation sites is 1. The molecular weight excluding hydrogens is 566 g/mol. The Balaban J connectivity index is 1.04. The lowest BCUT2D eigenvalue weighted by molar-refractivity contribution is -0.137. The van der Waals surface area contributed by atoms with E-state index < -0.39 is 36.5 Å². The van der Waals surface area contributed by atoms with Crippen molar-refractivity contribution in [3.05, 3.63) is 41.4 Å². The highest BCUT2D eigenvalue weighted by molar-refractivity contribution is 6.32. The Kier molecular flexibility index (Phi) is 8.17. The Hall–Kier alpha value is -3.52. The fraction of sp³-hybridized carbons (Fsp3) is 0.536. The SMILES string of the molecule is Nc1nc(CCCC2CCN(C(=O)Oc3ccccc3Cl)CC2)nc2c1ncn2[C@@H]1O[C@H](C(=O)NC2CC2)[C@@H](O)[C@H]1O. The summed E-state index contributed by atoms with van der Waals surface area (Å²) in [5.41, 5.74) is 6.91. The molecule has 14 heteroatoms. The molecule has 1 saturated carbocycles. The third kappa shape index (κ3) is 6.00. The van der Waals surface area contributed by atoms with Gasteiger partial charge >= 0.3 is 6.09 Å². The fourth-order valence-electron chi connectivity index (χ4n) is 5.54. The molecule has 1 aliphatic carbocycles.